The summed E-state index contributed by atoms with van der Waals surface area (Å²) in [5.41, 5.74) is 2.64. The fourth-order valence-electron chi connectivity index (χ4n) is 2.05. The zero-order valence-corrected chi connectivity index (χ0v) is 14.2. The van der Waals surface area contributed by atoms with Gasteiger partial charge in [0.2, 0.25) is 0 Å². The van der Waals surface area contributed by atoms with Gasteiger partial charge in [0.1, 0.15) is 5.82 Å². The first kappa shape index (κ1) is 17.0. The average Bonchev–Trinajstić information content (AvgIpc) is 2.32. The van der Waals surface area contributed by atoms with Crippen LogP contribution < -0.4 is 10.2 Å². The number of nitrogens with zero attached hydrogens (tertiary/aromatic N) is 2. The first-order chi connectivity index (χ1) is 9.19. The van der Waals surface area contributed by atoms with Crippen molar-refractivity contribution in [3.63, 3.8) is 0 Å². The third-order valence-electron chi connectivity index (χ3n) is 3.33. The Morgan fingerprint density at radius 1 is 1.30 bits per heavy atom. The summed E-state index contributed by atoms with van der Waals surface area (Å²) in [4.78, 5) is 6.90. The van der Waals surface area contributed by atoms with Gasteiger partial charge in [0.05, 0.1) is 0 Å². The van der Waals surface area contributed by atoms with Crippen LogP contribution in [0.2, 0.25) is 0 Å². The Kier molecular flexibility index (Phi) is 6.00. The minimum atomic E-state index is 0.140. The minimum absolute atomic E-state index is 0.140. The van der Waals surface area contributed by atoms with Crippen LogP contribution in [0.15, 0.2) is 12.3 Å². The molecular weight excluding hydrogens is 246 g/mol. The van der Waals surface area contributed by atoms with Crippen LogP contribution in [-0.2, 0) is 6.54 Å². The van der Waals surface area contributed by atoms with E-state index in [2.05, 4.69) is 69.9 Å². The molecule has 0 fully saturated rings. The van der Waals surface area contributed by atoms with E-state index >= 15 is 0 Å². The second kappa shape index (κ2) is 7.07. The second-order valence-corrected chi connectivity index (χ2v) is 7.19. The van der Waals surface area contributed by atoms with Gasteiger partial charge in [0, 0.05) is 31.9 Å². The van der Waals surface area contributed by atoms with Crippen molar-refractivity contribution in [3.05, 3.63) is 23.4 Å². The van der Waals surface area contributed by atoms with E-state index in [1.165, 1.54) is 17.5 Å². The number of nitrogens with one attached hydrogen (secondary N) is 1. The van der Waals surface area contributed by atoms with Gasteiger partial charge in [-0.05, 0) is 57.2 Å². The molecule has 0 aliphatic carbocycles. The summed E-state index contributed by atoms with van der Waals surface area (Å²) in [5, 5.41) is 3.50. The lowest BCUT2D eigenvalue weighted by molar-refractivity contribution is 0.424. The highest BCUT2D eigenvalue weighted by Crippen LogP contribution is 2.18. The van der Waals surface area contributed by atoms with Crippen molar-refractivity contribution in [3.8, 4) is 0 Å². The van der Waals surface area contributed by atoms with E-state index in [-0.39, 0.29) is 5.54 Å². The SMILES string of the molecule is Cc1cc(CNC(C)(C)C)cnc1N(C)CCC(C)C. The molecule has 0 aliphatic rings. The van der Waals surface area contributed by atoms with Crippen LogP contribution in [0.4, 0.5) is 5.82 Å². The van der Waals surface area contributed by atoms with Crippen molar-refractivity contribution in [1.82, 2.24) is 10.3 Å². The van der Waals surface area contributed by atoms with Gasteiger partial charge < -0.3 is 10.2 Å². The maximum atomic E-state index is 4.64. The number of anilines is 1. The van der Waals surface area contributed by atoms with Crippen LogP contribution in [0, 0.1) is 12.8 Å². The largest absolute Gasteiger partial charge is 0.359 e. The Balaban J connectivity index is 2.67. The van der Waals surface area contributed by atoms with Crippen molar-refractivity contribution in [2.45, 2.75) is 60.0 Å². The highest BCUT2D eigenvalue weighted by molar-refractivity contribution is 5.46. The predicted molar refractivity (Wildman–Crippen MR) is 88.3 cm³/mol. The summed E-state index contributed by atoms with van der Waals surface area (Å²) < 4.78 is 0. The van der Waals surface area contributed by atoms with Crippen LogP contribution in [0.3, 0.4) is 0 Å². The van der Waals surface area contributed by atoms with Crippen LogP contribution in [0.1, 0.15) is 52.2 Å². The van der Waals surface area contributed by atoms with E-state index in [4.69, 9.17) is 0 Å². The van der Waals surface area contributed by atoms with Gasteiger partial charge in [0.15, 0.2) is 0 Å². The van der Waals surface area contributed by atoms with Gasteiger partial charge in [-0.15, -0.1) is 0 Å². The number of pyridine rings is 1. The summed E-state index contributed by atoms with van der Waals surface area (Å²) in [6, 6.07) is 2.24. The van der Waals surface area contributed by atoms with Crippen molar-refractivity contribution in [2.75, 3.05) is 18.5 Å². The molecule has 114 valence electrons. The zero-order valence-electron chi connectivity index (χ0n) is 14.2. The predicted octanol–water partition coefficient (Wildman–Crippen LogP) is 3.76. The smallest absolute Gasteiger partial charge is 0.131 e. The van der Waals surface area contributed by atoms with Crippen molar-refractivity contribution >= 4 is 5.82 Å². The number of rotatable bonds is 6. The fraction of sp³-hybridized carbons (Fsp3) is 0.706. The quantitative estimate of drug-likeness (QED) is 0.858. The molecule has 0 spiro atoms. The molecule has 1 N–H and O–H groups in total. The fourth-order valence-corrected chi connectivity index (χ4v) is 2.05. The Hall–Kier alpha value is -1.09. The molecule has 1 aromatic rings. The lowest BCUT2D eigenvalue weighted by Crippen LogP contribution is -2.35. The molecule has 1 heterocycles. The van der Waals surface area contributed by atoms with Gasteiger partial charge >= 0.3 is 0 Å². The molecule has 20 heavy (non-hydrogen) atoms. The zero-order chi connectivity index (χ0) is 15.3. The van der Waals surface area contributed by atoms with Gasteiger partial charge in [-0.3, -0.25) is 0 Å². The summed E-state index contributed by atoms with van der Waals surface area (Å²) >= 11 is 0. The second-order valence-electron chi connectivity index (χ2n) is 7.19. The van der Waals surface area contributed by atoms with E-state index in [0.29, 0.717) is 0 Å². The molecule has 0 saturated carbocycles. The summed E-state index contributed by atoms with van der Waals surface area (Å²) in [6.07, 6.45) is 3.19. The standard InChI is InChI=1S/C17H31N3/c1-13(2)8-9-20(7)16-14(3)10-15(11-18-16)12-19-17(4,5)6/h10-11,13,19H,8-9,12H2,1-7H3. The number of hydrogen-bond donors (Lipinski definition) is 1. The molecular formula is C17H31N3. The lowest BCUT2D eigenvalue weighted by Gasteiger charge is -2.23. The van der Waals surface area contributed by atoms with E-state index in [0.717, 1.165) is 24.8 Å². The van der Waals surface area contributed by atoms with Crippen LogP contribution in [-0.4, -0.2) is 24.1 Å². The summed E-state index contributed by atoms with van der Waals surface area (Å²) in [6.45, 7) is 15.1. The van der Waals surface area contributed by atoms with E-state index in [1.807, 2.05) is 6.20 Å². The van der Waals surface area contributed by atoms with Crippen LogP contribution >= 0.6 is 0 Å². The minimum Gasteiger partial charge on any atom is -0.359 e. The molecule has 0 radical (unpaired) electrons. The van der Waals surface area contributed by atoms with E-state index in [9.17, 15) is 0 Å². The molecule has 1 rings (SSSR count). The van der Waals surface area contributed by atoms with E-state index in [1.54, 1.807) is 0 Å². The van der Waals surface area contributed by atoms with Crippen molar-refractivity contribution in [2.24, 2.45) is 5.92 Å². The van der Waals surface area contributed by atoms with Crippen molar-refractivity contribution in [1.29, 1.82) is 0 Å². The molecule has 0 amide bonds. The number of aryl methyl sites for hydroxylation is 1. The van der Waals surface area contributed by atoms with Gasteiger partial charge in [-0.25, -0.2) is 4.98 Å². The molecule has 0 unspecified atom stereocenters. The van der Waals surface area contributed by atoms with Gasteiger partial charge in [-0.2, -0.15) is 0 Å². The third-order valence-corrected chi connectivity index (χ3v) is 3.33. The van der Waals surface area contributed by atoms with Gasteiger partial charge in [0.25, 0.3) is 0 Å². The Morgan fingerprint density at radius 2 is 1.95 bits per heavy atom. The molecule has 1 aromatic heterocycles. The van der Waals surface area contributed by atoms with Crippen LogP contribution in [0.25, 0.3) is 0 Å². The molecule has 3 nitrogen and oxygen atoms in total. The highest BCUT2D eigenvalue weighted by atomic mass is 15.2. The van der Waals surface area contributed by atoms with Crippen molar-refractivity contribution < 1.29 is 0 Å². The number of aromatic nitrogens is 1. The summed E-state index contributed by atoms with van der Waals surface area (Å²) in [7, 11) is 2.13. The van der Waals surface area contributed by atoms with E-state index < -0.39 is 0 Å². The Morgan fingerprint density at radius 3 is 2.45 bits per heavy atom. The first-order valence-corrected chi connectivity index (χ1v) is 7.60. The Bertz CT molecular complexity index is 419. The molecule has 0 bridgehead atoms. The topological polar surface area (TPSA) is 28.2 Å². The third kappa shape index (κ3) is 5.91. The monoisotopic (exact) mass is 277 g/mol. The molecule has 3 heteroatoms. The number of hydrogen-bond acceptors (Lipinski definition) is 3. The van der Waals surface area contributed by atoms with Gasteiger partial charge in [-0.1, -0.05) is 13.8 Å². The van der Waals surface area contributed by atoms with Crippen LogP contribution in [0.5, 0.6) is 0 Å². The molecule has 0 atom stereocenters. The average molecular weight is 277 g/mol. The molecule has 0 aliphatic heterocycles. The maximum Gasteiger partial charge on any atom is 0.131 e. The maximum absolute atomic E-state index is 4.64. The summed E-state index contributed by atoms with van der Waals surface area (Å²) in [5.74, 6) is 1.83. The molecule has 0 saturated heterocycles. The normalized spacial score (nSPS) is 12.0. The molecule has 0 aromatic carbocycles. The Labute approximate surface area is 124 Å². The lowest BCUT2D eigenvalue weighted by atomic mass is 10.1. The first-order valence-electron chi connectivity index (χ1n) is 7.60. The highest BCUT2D eigenvalue weighted by Gasteiger charge is 2.11.